The van der Waals surface area contributed by atoms with E-state index in [1.165, 1.54) is 29.7 Å². The van der Waals surface area contributed by atoms with Crippen molar-refractivity contribution < 1.29 is 4.74 Å². The summed E-state index contributed by atoms with van der Waals surface area (Å²) in [7, 11) is 1.72. The second-order valence-corrected chi connectivity index (χ2v) is 6.72. The van der Waals surface area contributed by atoms with Crippen LogP contribution in [0.1, 0.15) is 35.5 Å². The van der Waals surface area contributed by atoms with Crippen molar-refractivity contribution in [1.82, 2.24) is 14.9 Å². The smallest absolute Gasteiger partial charge is 0.128 e. The van der Waals surface area contributed by atoms with E-state index >= 15 is 0 Å². The second-order valence-electron chi connectivity index (χ2n) is 6.72. The summed E-state index contributed by atoms with van der Waals surface area (Å²) in [5.74, 6) is 2.80. The van der Waals surface area contributed by atoms with Crippen LogP contribution in [0, 0.1) is 5.92 Å². The fourth-order valence-electron chi connectivity index (χ4n) is 3.24. The van der Waals surface area contributed by atoms with Gasteiger partial charge in [-0.05, 0) is 48.4 Å². The molecule has 120 valence electrons. The lowest BCUT2D eigenvalue weighted by atomic mass is 10.1. The van der Waals surface area contributed by atoms with Crippen LogP contribution >= 0.6 is 0 Å². The van der Waals surface area contributed by atoms with E-state index in [0.29, 0.717) is 0 Å². The van der Waals surface area contributed by atoms with Crippen molar-refractivity contribution in [3.8, 4) is 5.75 Å². The van der Waals surface area contributed by atoms with Crippen LogP contribution in [-0.2, 0) is 25.9 Å². The number of rotatable bonds is 5. The molecule has 4 rings (SSSR count). The molecule has 1 aromatic carbocycles. The minimum atomic E-state index is 0.838. The molecule has 0 spiro atoms. The molecule has 0 bridgehead atoms. The van der Waals surface area contributed by atoms with Crippen molar-refractivity contribution in [2.24, 2.45) is 5.92 Å². The number of fused-ring (bicyclic) bond motifs is 1. The summed E-state index contributed by atoms with van der Waals surface area (Å²) in [5.41, 5.74) is 3.84. The summed E-state index contributed by atoms with van der Waals surface area (Å²) >= 11 is 0. The van der Waals surface area contributed by atoms with E-state index in [2.05, 4.69) is 34.3 Å². The summed E-state index contributed by atoms with van der Waals surface area (Å²) in [6, 6.07) is 8.33. The van der Waals surface area contributed by atoms with Gasteiger partial charge in [-0.3, -0.25) is 4.90 Å². The molecule has 0 N–H and O–H groups in total. The highest BCUT2D eigenvalue weighted by atomic mass is 16.5. The number of hydrogen-bond acceptors (Lipinski definition) is 4. The number of hydrogen-bond donors (Lipinski definition) is 0. The predicted molar refractivity (Wildman–Crippen MR) is 89.3 cm³/mol. The predicted octanol–water partition coefficient (Wildman–Crippen LogP) is 3.00. The van der Waals surface area contributed by atoms with E-state index in [-0.39, 0.29) is 0 Å². The highest BCUT2D eigenvalue weighted by Crippen LogP contribution is 2.32. The molecule has 2 aliphatic rings. The van der Waals surface area contributed by atoms with Gasteiger partial charge >= 0.3 is 0 Å². The quantitative estimate of drug-likeness (QED) is 0.851. The Morgan fingerprint density at radius 1 is 1.30 bits per heavy atom. The molecule has 4 nitrogen and oxygen atoms in total. The first kappa shape index (κ1) is 14.6. The Kier molecular flexibility index (Phi) is 4.00. The van der Waals surface area contributed by atoms with Crippen molar-refractivity contribution in [2.75, 3.05) is 13.7 Å². The van der Waals surface area contributed by atoms with E-state index < -0.39 is 0 Å². The molecule has 1 aliphatic carbocycles. The van der Waals surface area contributed by atoms with Crippen LogP contribution < -0.4 is 4.74 Å². The highest BCUT2D eigenvalue weighted by molar-refractivity contribution is 5.29. The van der Waals surface area contributed by atoms with E-state index in [1.54, 1.807) is 7.11 Å². The lowest BCUT2D eigenvalue weighted by Gasteiger charge is -2.28. The molecule has 2 heterocycles. The van der Waals surface area contributed by atoms with E-state index in [0.717, 1.165) is 50.0 Å². The highest BCUT2D eigenvalue weighted by Gasteiger charge is 2.24. The van der Waals surface area contributed by atoms with E-state index in [9.17, 15) is 0 Å². The zero-order valence-electron chi connectivity index (χ0n) is 13.7. The molecule has 2 aromatic rings. The second kappa shape index (κ2) is 6.28. The molecule has 1 aromatic heterocycles. The molecule has 1 saturated carbocycles. The Hall–Kier alpha value is -1.94. The maximum Gasteiger partial charge on any atom is 0.128 e. The average Bonchev–Trinajstić information content (AvgIpc) is 3.39. The van der Waals surface area contributed by atoms with Crippen LogP contribution in [0.15, 0.2) is 30.5 Å². The minimum Gasteiger partial charge on any atom is -0.497 e. The number of ether oxygens (including phenoxy) is 1. The molecule has 0 radical (unpaired) electrons. The fourth-order valence-corrected chi connectivity index (χ4v) is 3.24. The van der Waals surface area contributed by atoms with Gasteiger partial charge in [0.25, 0.3) is 0 Å². The molecule has 1 aliphatic heterocycles. The Morgan fingerprint density at radius 2 is 2.22 bits per heavy atom. The summed E-state index contributed by atoms with van der Waals surface area (Å²) < 4.78 is 5.32. The first-order chi connectivity index (χ1) is 11.3. The van der Waals surface area contributed by atoms with Crippen LogP contribution in [0.3, 0.4) is 0 Å². The van der Waals surface area contributed by atoms with Gasteiger partial charge in [-0.1, -0.05) is 12.1 Å². The normalized spacial score (nSPS) is 17.8. The largest absolute Gasteiger partial charge is 0.497 e. The Labute approximate surface area is 137 Å². The van der Waals surface area contributed by atoms with Gasteiger partial charge in [0.2, 0.25) is 0 Å². The van der Waals surface area contributed by atoms with Crippen molar-refractivity contribution in [1.29, 1.82) is 0 Å². The summed E-state index contributed by atoms with van der Waals surface area (Å²) in [6.07, 6.45) is 6.86. The van der Waals surface area contributed by atoms with Gasteiger partial charge in [0.05, 0.1) is 12.8 Å². The standard InChI is InChI=1S/C19H23N3O/c1-23-17-4-2-3-15(9-17)12-22-8-7-16-11-20-19(10-14-5-6-14)21-18(16)13-22/h2-4,9,11,14H,5-8,10,12-13H2,1H3. The summed E-state index contributed by atoms with van der Waals surface area (Å²) in [6.45, 7) is 2.93. The van der Waals surface area contributed by atoms with Crippen LogP contribution in [-0.4, -0.2) is 28.5 Å². The number of methoxy groups -OCH3 is 1. The van der Waals surface area contributed by atoms with Crippen LogP contribution in [0.25, 0.3) is 0 Å². The van der Waals surface area contributed by atoms with Crippen LogP contribution in [0.4, 0.5) is 0 Å². The molecule has 4 heteroatoms. The third-order valence-corrected chi connectivity index (χ3v) is 4.78. The molecular formula is C19H23N3O. The van der Waals surface area contributed by atoms with Gasteiger partial charge < -0.3 is 4.74 Å². The van der Waals surface area contributed by atoms with E-state index in [1.807, 2.05) is 6.07 Å². The SMILES string of the molecule is COc1cccc(CN2CCc3cnc(CC4CC4)nc3C2)c1. The minimum absolute atomic E-state index is 0.838. The monoisotopic (exact) mass is 309 g/mol. The molecule has 23 heavy (non-hydrogen) atoms. The van der Waals surface area contributed by atoms with Crippen LogP contribution in [0.5, 0.6) is 5.75 Å². The lowest BCUT2D eigenvalue weighted by Crippen LogP contribution is -2.31. The maximum atomic E-state index is 5.32. The summed E-state index contributed by atoms with van der Waals surface area (Å²) in [5, 5.41) is 0. The number of nitrogens with zero attached hydrogens (tertiary/aromatic N) is 3. The van der Waals surface area contributed by atoms with Crippen LogP contribution in [0.2, 0.25) is 0 Å². The van der Waals surface area contributed by atoms with Crippen molar-refractivity contribution >= 4 is 0 Å². The zero-order chi connectivity index (χ0) is 15.6. The third kappa shape index (κ3) is 3.53. The topological polar surface area (TPSA) is 38.2 Å². The fraction of sp³-hybridized carbons (Fsp3) is 0.474. The summed E-state index contributed by atoms with van der Waals surface area (Å²) in [4.78, 5) is 11.9. The zero-order valence-corrected chi connectivity index (χ0v) is 13.7. The molecule has 0 saturated heterocycles. The van der Waals surface area contributed by atoms with Gasteiger partial charge in [-0.25, -0.2) is 9.97 Å². The first-order valence-electron chi connectivity index (χ1n) is 8.49. The molecule has 1 fully saturated rings. The van der Waals surface area contributed by atoms with Gasteiger partial charge in [0.1, 0.15) is 11.6 Å². The van der Waals surface area contributed by atoms with Gasteiger partial charge in [-0.2, -0.15) is 0 Å². The number of benzene rings is 1. The van der Waals surface area contributed by atoms with Crippen molar-refractivity contribution in [3.05, 3.63) is 53.1 Å². The Morgan fingerprint density at radius 3 is 3.04 bits per heavy atom. The molecular weight excluding hydrogens is 286 g/mol. The molecule has 0 amide bonds. The van der Waals surface area contributed by atoms with Gasteiger partial charge in [-0.15, -0.1) is 0 Å². The lowest BCUT2D eigenvalue weighted by molar-refractivity contribution is 0.240. The van der Waals surface area contributed by atoms with Gasteiger partial charge in [0, 0.05) is 32.3 Å². The average molecular weight is 309 g/mol. The third-order valence-electron chi connectivity index (χ3n) is 4.78. The molecule has 0 atom stereocenters. The Balaban J connectivity index is 1.46. The van der Waals surface area contributed by atoms with Gasteiger partial charge in [0.15, 0.2) is 0 Å². The Bertz CT molecular complexity index is 697. The first-order valence-corrected chi connectivity index (χ1v) is 8.49. The maximum absolute atomic E-state index is 5.32. The van der Waals surface area contributed by atoms with Crippen molar-refractivity contribution in [3.63, 3.8) is 0 Å². The van der Waals surface area contributed by atoms with E-state index in [4.69, 9.17) is 9.72 Å². The molecule has 0 unspecified atom stereocenters. The number of aromatic nitrogens is 2. The van der Waals surface area contributed by atoms with Crippen molar-refractivity contribution in [2.45, 2.75) is 38.8 Å².